The number of sulfonamides is 1. The molecule has 1 saturated heterocycles. The van der Waals surface area contributed by atoms with Crippen molar-refractivity contribution >= 4 is 22.4 Å². The van der Waals surface area contributed by atoms with Gasteiger partial charge in [-0.2, -0.15) is 0 Å². The highest BCUT2D eigenvalue weighted by atomic mass is 35.5. The first-order valence-electron chi connectivity index (χ1n) is 7.72. The molecular weight excluding hydrogens is 296 g/mol. The third-order valence-electron chi connectivity index (χ3n) is 4.73. The van der Waals surface area contributed by atoms with Crippen LogP contribution in [0, 0.1) is 11.8 Å². The SMILES string of the molecule is CC(N)C1CCCN(S(=O)(=O)CC2CCCCC2)C1.Cl. The average Bonchev–Trinajstić information content (AvgIpc) is 2.39. The van der Waals surface area contributed by atoms with Gasteiger partial charge in [0, 0.05) is 19.1 Å². The highest BCUT2D eigenvalue weighted by Gasteiger charge is 2.32. The molecule has 20 heavy (non-hydrogen) atoms. The summed E-state index contributed by atoms with van der Waals surface area (Å²) >= 11 is 0. The Balaban J connectivity index is 0.00000200. The van der Waals surface area contributed by atoms with Crippen LogP contribution >= 0.6 is 12.4 Å². The second-order valence-electron chi connectivity index (χ2n) is 6.40. The first kappa shape index (κ1) is 18.2. The molecule has 1 aliphatic heterocycles. The summed E-state index contributed by atoms with van der Waals surface area (Å²) in [5, 5.41) is 0. The average molecular weight is 325 g/mol. The van der Waals surface area contributed by atoms with E-state index in [1.54, 1.807) is 4.31 Å². The van der Waals surface area contributed by atoms with E-state index in [1.807, 2.05) is 6.92 Å². The lowest BCUT2D eigenvalue weighted by atomic mass is 9.91. The zero-order valence-corrected chi connectivity index (χ0v) is 14.1. The van der Waals surface area contributed by atoms with Crippen molar-refractivity contribution in [2.45, 2.75) is 57.9 Å². The summed E-state index contributed by atoms with van der Waals surface area (Å²) in [4.78, 5) is 0. The van der Waals surface area contributed by atoms with Crippen molar-refractivity contribution in [3.63, 3.8) is 0 Å². The Labute approximate surface area is 129 Å². The van der Waals surface area contributed by atoms with Crippen LogP contribution in [0.3, 0.4) is 0 Å². The molecule has 0 spiro atoms. The van der Waals surface area contributed by atoms with Gasteiger partial charge in [0.1, 0.15) is 0 Å². The summed E-state index contributed by atoms with van der Waals surface area (Å²) in [6, 6.07) is 0.0904. The number of piperidine rings is 1. The summed E-state index contributed by atoms with van der Waals surface area (Å²) < 4.78 is 26.7. The van der Waals surface area contributed by atoms with Gasteiger partial charge in [-0.15, -0.1) is 12.4 Å². The minimum atomic E-state index is -3.07. The molecule has 2 unspecified atom stereocenters. The number of nitrogens with two attached hydrogens (primary N) is 1. The molecule has 0 aromatic rings. The third kappa shape index (κ3) is 4.86. The van der Waals surface area contributed by atoms with Crippen LogP contribution in [0.25, 0.3) is 0 Å². The maximum absolute atomic E-state index is 12.5. The van der Waals surface area contributed by atoms with Gasteiger partial charge in [-0.25, -0.2) is 12.7 Å². The number of halogens is 1. The number of hydrogen-bond acceptors (Lipinski definition) is 3. The highest BCUT2D eigenvalue weighted by molar-refractivity contribution is 7.89. The van der Waals surface area contributed by atoms with Crippen LogP contribution in [0.5, 0.6) is 0 Å². The Morgan fingerprint density at radius 3 is 2.40 bits per heavy atom. The minimum absolute atomic E-state index is 0. The van der Waals surface area contributed by atoms with E-state index in [0.717, 1.165) is 25.7 Å². The summed E-state index contributed by atoms with van der Waals surface area (Å²) in [6.45, 7) is 3.31. The van der Waals surface area contributed by atoms with Gasteiger partial charge in [-0.05, 0) is 44.4 Å². The zero-order chi connectivity index (χ0) is 13.9. The summed E-state index contributed by atoms with van der Waals surface area (Å²) in [5.74, 6) is 1.07. The predicted molar refractivity (Wildman–Crippen MR) is 85.6 cm³/mol. The fourth-order valence-electron chi connectivity index (χ4n) is 3.41. The number of nitrogens with zero attached hydrogens (tertiary/aromatic N) is 1. The molecule has 0 aromatic carbocycles. The van der Waals surface area contributed by atoms with Gasteiger partial charge in [0.15, 0.2) is 0 Å². The quantitative estimate of drug-likeness (QED) is 0.863. The zero-order valence-electron chi connectivity index (χ0n) is 12.5. The molecule has 2 aliphatic rings. The molecule has 1 aliphatic carbocycles. The number of hydrogen-bond donors (Lipinski definition) is 1. The van der Waals surface area contributed by atoms with Crippen LogP contribution in [0.15, 0.2) is 0 Å². The van der Waals surface area contributed by atoms with Crippen LogP contribution in [0.2, 0.25) is 0 Å². The van der Waals surface area contributed by atoms with Crippen molar-refractivity contribution in [1.29, 1.82) is 0 Å². The van der Waals surface area contributed by atoms with Crippen molar-refractivity contribution in [3.8, 4) is 0 Å². The molecule has 0 aromatic heterocycles. The van der Waals surface area contributed by atoms with Gasteiger partial charge < -0.3 is 5.73 Å². The van der Waals surface area contributed by atoms with Crippen LogP contribution in [0.4, 0.5) is 0 Å². The van der Waals surface area contributed by atoms with Crippen LogP contribution in [0.1, 0.15) is 51.9 Å². The predicted octanol–water partition coefficient (Wildman–Crippen LogP) is 2.38. The Bertz CT molecular complexity index is 381. The molecule has 120 valence electrons. The molecule has 0 bridgehead atoms. The van der Waals surface area contributed by atoms with E-state index in [-0.39, 0.29) is 18.4 Å². The Hall–Kier alpha value is 0.160. The van der Waals surface area contributed by atoms with Crippen molar-refractivity contribution in [1.82, 2.24) is 4.31 Å². The summed E-state index contributed by atoms with van der Waals surface area (Å²) in [7, 11) is -3.07. The molecule has 2 atom stereocenters. The van der Waals surface area contributed by atoms with E-state index in [9.17, 15) is 8.42 Å². The van der Waals surface area contributed by atoms with Gasteiger partial charge >= 0.3 is 0 Å². The normalized spacial score (nSPS) is 27.8. The molecule has 2 N–H and O–H groups in total. The van der Waals surface area contributed by atoms with Gasteiger partial charge in [0.05, 0.1) is 5.75 Å². The Morgan fingerprint density at radius 2 is 1.80 bits per heavy atom. The van der Waals surface area contributed by atoms with E-state index >= 15 is 0 Å². The molecule has 2 fully saturated rings. The first-order valence-corrected chi connectivity index (χ1v) is 9.33. The molecule has 1 saturated carbocycles. The lowest BCUT2D eigenvalue weighted by Gasteiger charge is -2.35. The lowest BCUT2D eigenvalue weighted by Crippen LogP contribution is -2.46. The van der Waals surface area contributed by atoms with Crippen molar-refractivity contribution < 1.29 is 8.42 Å². The molecule has 6 heteroatoms. The largest absolute Gasteiger partial charge is 0.328 e. The molecule has 4 nitrogen and oxygen atoms in total. The fourth-order valence-corrected chi connectivity index (χ4v) is 5.38. The molecule has 0 radical (unpaired) electrons. The van der Waals surface area contributed by atoms with Crippen molar-refractivity contribution in [2.24, 2.45) is 17.6 Å². The fraction of sp³-hybridized carbons (Fsp3) is 1.00. The molecule has 2 rings (SSSR count). The van der Waals surface area contributed by atoms with Gasteiger partial charge in [0.2, 0.25) is 10.0 Å². The topological polar surface area (TPSA) is 63.4 Å². The molecule has 0 amide bonds. The smallest absolute Gasteiger partial charge is 0.214 e. The second kappa shape index (κ2) is 7.97. The van der Waals surface area contributed by atoms with Crippen LogP contribution < -0.4 is 5.73 Å². The summed E-state index contributed by atoms with van der Waals surface area (Å²) in [6.07, 6.45) is 7.86. The van der Waals surface area contributed by atoms with Gasteiger partial charge in [0.25, 0.3) is 0 Å². The van der Waals surface area contributed by atoms with E-state index in [1.165, 1.54) is 19.3 Å². The summed E-state index contributed by atoms with van der Waals surface area (Å²) in [5.41, 5.74) is 5.94. The van der Waals surface area contributed by atoms with E-state index in [2.05, 4.69) is 0 Å². The van der Waals surface area contributed by atoms with Crippen molar-refractivity contribution in [2.75, 3.05) is 18.8 Å². The van der Waals surface area contributed by atoms with E-state index in [0.29, 0.717) is 30.7 Å². The first-order chi connectivity index (χ1) is 8.99. The monoisotopic (exact) mass is 324 g/mol. The van der Waals surface area contributed by atoms with Crippen LogP contribution in [-0.2, 0) is 10.0 Å². The maximum Gasteiger partial charge on any atom is 0.214 e. The van der Waals surface area contributed by atoms with Gasteiger partial charge in [-0.1, -0.05) is 19.3 Å². The standard InChI is InChI=1S/C14H28N2O2S.ClH/c1-12(15)14-8-5-9-16(10-14)19(17,18)11-13-6-3-2-4-7-13;/h12-14H,2-11,15H2,1H3;1H. The number of rotatable bonds is 4. The lowest BCUT2D eigenvalue weighted by molar-refractivity contribution is 0.241. The second-order valence-corrected chi connectivity index (χ2v) is 8.42. The molecular formula is C14H29ClN2O2S. The van der Waals surface area contributed by atoms with E-state index < -0.39 is 10.0 Å². The molecule has 1 heterocycles. The minimum Gasteiger partial charge on any atom is -0.328 e. The maximum atomic E-state index is 12.5. The Morgan fingerprint density at radius 1 is 1.15 bits per heavy atom. The van der Waals surface area contributed by atoms with Crippen LogP contribution in [-0.4, -0.2) is 37.6 Å². The van der Waals surface area contributed by atoms with Gasteiger partial charge in [-0.3, -0.25) is 0 Å². The van der Waals surface area contributed by atoms with E-state index in [4.69, 9.17) is 5.73 Å². The Kier molecular flexibility index (Phi) is 7.25. The van der Waals surface area contributed by atoms with Crippen molar-refractivity contribution in [3.05, 3.63) is 0 Å². The highest BCUT2D eigenvalue weighted by Crippen LogP contribution is 2.28. The third-order valence-corrected chi connectivity index (χ3v) is 6.74.